The molecule has 1 aromatic rings. The Balaban J connectivity index is 1.26. The van der Waals surface area contributed by atoms with Crippen molar-refractivity contribution in [2.24, 2.45) is 17.8 Å². The molecule has 3 atom stereocenters. The Labute approximate surface area is 171 Å². The van der Waals surface area contributed by atoms with Gasteiger partial charge in [-0.1, -0.05) is 50.1 Å². The van der Waals surface area contributed by atoms with Gasteiger partial charge in [0, 0.05) is 25.7 Å². The summed E-state index contributed by atoms with van der Waals surface area (Å²) in [5.41, 5.74) is 1.44. The van der Waals surface area contributed by atoms with Gasteiger partial charge in [0.25, 0.3) is 0 Å². The highest BCUT2D eigenvalue weighted by molar-refractivity contribution is 5.79. The van der Waals surface area contributed by atoms with E-state index in [2.05, 4.69) is 47.1 Å². The molecule has 3 heteroatoms. The van der Waals surface area contributed by atoms with Gasteiger partial charge in [-0.15, -0.1) is 0 Å². The lowest BCUT2D eigenvalue weighted by Gasteiger charge is -2.42. The van der Waals surface area contributed by atoms with Gasteiger partial charge in [-0.2, -0.15) is 0 Å². The predicted octanol–water partition coefficient (Wildman–Crippen LogP) is 4.76. The molecule has 3 fully saturated rings. The molecule has 2 aliphatic heterocycles. The Morgan fingerprint density at radius 3 is 2.50 bits per heavy atom. The predicted molar refractivity (Wildman–Crippen MR) is 115 cm³/mol. The van der Waals surface area contributed by atoms with Gasteiger partial charge in [0.2, 0.25) is 5.91 Å². The van der Waals surface area contributed by atoms with Crippen molar-refractivity contribution in [3.63, 3.8) is 0 Å². The van der Waals surface area contributed by atoms with Gasteiger partial charge in [-0.25, -0.2) is 0 Å². The second-order valence-corrected chi connectivity index (χ2v) is 9.72. The lowest BCUT2D eigenvalue weighted by molar-refractivity contribution is -0.139. The van der Waals surface area contributed by atoms with Crippen molar-refractivity contribution in [3.8, 4) is 0 Å². The van der Waals surface area contributed by atoms with Crippen LogP contribution in [0.25, 0.3) is 0 Å². The molecule has 2 saturated heterocycles. The number of nitrogens with zero attached hydrogens (tertiary/aromatic N) is 2. The van der Waals surface area contributed by atoms with Crippen molar-refractivity contribution in [2.45, 2.75) is 70.8 Å². The summed E-state index contributed by atoms with van der Waals surface area (Å²) in [7, 11) is 0. The zero-order valence-electron chi connectivity index (χ0n) is 17.7. The van der Waals surface area contributed by atoms with Gasteiger partial charge in [-0.3, -0.25) is 9.69 Å². The fourth-order valence-corrected chi connectivity index (χ4v) is 5.84. The molecule has 154 valence electrons. The summed E-state index contributed by atoms with van der Waals surface area (Å²) in [6, 6.07) is 11.6. The van der Waals surface area contributed by atoms with E-state index in [0.29, 0.717) is 5.91 Å². The average molecular weight is 383 g/mol. The molecule has 0 N–H and O–H groups in total. The fraction of sp³-hybridized carbons (Fsp3) is 0.720. The Hall–Kier alpha value is -1.35. The van der Waals surface area contributed by atoms with E-state index in [4.69, 9.17) is 0 Å². The van der Waals surface area contributed by atoms with Crippen LogP contribution in [0.3, 0.4) is 0 Å². The first-order valence-electron chi connectivity index (χ1n) is 11.8. The van der Waals surface area contributed by atoms with E-state index in [1.165, 1.54) is 50.6 Å². The molecule has 1 amide bonds. The number of rotatable bonds is 4. The van der Waals surface area contributed by atoms with Crippen molar-refractivity contribution < 1.29 is 4.79 Å². The second kappa shape index (κ2) is 9.43. The van der Waals surface area contributed by atoms with Crippen LogP contribution in [0.15, 0.2) is 30.3 Å². The molecule has 1 aliphatic carbocycles. The van der Waals surface area contributed by atoms with E-state index in [-0.39, 0.29) is 5.92 Å². The fourth-order valence-electron chi connectivity index (χ4n) is 5.84. The first-order chi connectivity index (χ1) is 13.7. The maximum atomic E-state index is 13.2. The van der Waals surface area contributed by atoms with E-state index >= 15 is 0 Å². The molecular weight excluding hydrogens is 344 g/mol. The minimum Gasteiger partial charge on any atom is -0.342 e. The topological polar surface area (TPSA) is 23.6 Å². The van der Waals surface area contributed by atoms with Crippen molar-refractivity contribution in [1.29, 1.82) is 0 Å². The second-order valence-electron chi connectivity index (χ2n) is 9.72. The molecule has 0 unspecified atom stereocenters. The third-order valence-electron chi connectivity index (χ3n) is 7.52. The van der Waals surface area contributed by atoms with E-state index in [1.54, 1.807) is 0 Å². The van der Waals surface area contributed by atoms with E-state index < -0.39 is 0 Å². The van der Waals surface area contributed by atoms with Crippen LogP contribution in [0.1, 0.15) is 63.9 Å². The van der Waals surface area contributed by atoms with Gasteiger partial charge < -0.3 is 4.90 Å². The summed E-state index contributed by atoms with van der Waals surface area (Å²) >= 11 is 0. The van der Waals surface area contributed by atoms with Crippen molar-refractivity contribution >= 4 is 5.91 Å². The molecule has 0 radical (unpaired) electrons. The molecule has 0 spiro atoms. The number of hydrogen-bond donors (Lipinski definition) is 0. The van der Waals surface area contributed by atoms with Crippen LogP contribution >= 0.6 is 0 Å². The smallest absolute Gasteiger partial charge is 0.226 e. The number of amides is 1. The van der Waals surface area contributed by atoms with E-state index in [9.17, 15) is 4.79 Å². The van der Waals surface area contributed by atoms with Crippen LogP contribution in [0.2, 0.25) is 0 Å². The average Bonchev–Trinajstić information content (AvgIpc) is 2.75. The minimum atomic E-state index is 0.247. The van der Waals surface area contributed by atoms with Gasteiger partial charge in [-0.05, 0) is 68.9 Å². The van der Waals surface area contributed by atoms with Crippen LogP contribution in [0.5, 0.6) is 0 Å². The summed E-state index contributed by atoms with van der Waals surface area (Å²) in [6.45, 7) is 6.55. The largest absolute Gasteiger partial charge is 0.342 e. The molecule has 4 rings (SSSR count). The third-order valence-corrected chi connectivity index (χ3v) is 7.52. The highest BCUT2D eigenvalue weighted by atomic mass is 16.2. The van der Waals surface area contributed by atoms with Gasteiger partial charge in [0.1, 0.15) is 0 Å². The monoisotopic (exact) mass is 382 g/mol. The summed E-state index contributed by atoms with van der Waals surface area (Å²) in [6.07, 6.45) is 11.2. The molecule has 3 nitrogen and oxygen atoms in total. The normalized spacial score (nSPS) is 30.3. The Morgan fingerprint density at radius 2 is 1.75 bits per heavy atom. The van der Waals surface area contributed by atoms with E-state index in [0.717, 1.165) is 56.8 Å². The molecule has 3 aliphatic rings. The molecule has 28 heavy (non-hydrogen) atoms. The third kappa shape index (κ3) is 4.97. The minimum absolute atomic E-state index is 0.247. The molecule has 2 heterocycles. The lowest BCUT2D eigenvalue weighted by atomic mass is 9.84. The number of benzene rings is 1. The number of likely N-dealkylation sites (tertiary alicyclic amines) is 2. The summed E-state index contributed by atoms with van der Waals surface area (Å²) in [4.78, 5) is 18.1. The van der Waals surface area contributed by atoms with Crippen LogP contribution < -0.4 is 0 Å². The van der Waals surface area contributed by atoms with E-state index in [1.807, 2.05) is 0 Å². The van der Waals surface area contributed by atoms with Crippen molar-refractivity contribution in [2.75, 3.05) is 26.2 Å². The highest BCUT2D eigenvalue weighted by Gasteiger charge is 2.34. The lowest BCUT2D eigenvalue weighted by Crippen LogP contribution is -2.50. The molecule has 0 bridgehead atoms. The SMILES string of the molecule is C[C@@H]1CCC[C@@H](N2CCC[C@H](C(=O)N3CCC(Cc4ccccc4)CC3)C2)C1. The summed E-state index contributed by atoms with van der Waals surface area (Å²) in [5.74, 6) is 2.29. The van der Waals surface area contributed by atoms with Gasteiger partial charge in [0.05, 0.1) is 5.92 Å². The molecule has 1 saturated carbocycles. The summed E-state index contributed by atoms with van der Waals surface area (Å²) in [5, 5.41) is 0. The van der Waals surface area contributed by atoms with Gasteiger partial charge >= 0.3 is 0 Å². The van der Waals surface area contributed by atoms with Crippen LogP contribution in [0.4, 0.5) is 0 Å². The number of carbonyl (C=O) groups excluding carboxylic acids is 1. The molecule has 1 aromatic carbocycles. The molecular formula is C25H38N2O. The first-order valence-corrected chi connectivity index (χ1v) is 11.8. The van der Waals surface area contributed by atoms with Crippen LogP contribution in [-0.4, -0.2) is 47.9 Å². The first kappa shape index (κ1) is 19.9. The number of hydrogen-bond acceptors (Lipinski definition) is 2. The number of carbonyl (C=O) groups is 1. The quantitative estimate of drug-likeness (QED) is 0.750. The zero-order valence-corrected chi connectivity index (χ0v) is 17.7. The standard InChI is InChI=1S/C25H38N2O/c1-20-7-5-11-24(17-20)27-14-6-10-23(19-27)25(28)26-15-12-22(13-16-26)18-21-8-3-2-4-9-21/h2-4,8-9,20,22-24H,5-7,10-19H2,1H3/t20-,23+,24-/m1/s1. The maximum absolute atomic E-state index is 13.2. The van der Waals surface area contributed by atoms with Gasteiger partial charge in [0.15, 0.2) is 0 Å². The molecule has 0 aromatic heterocycles. The van der Waals surface area contributed by atoms with Crippen molar-refractivity contribution in [1.82, 2.24) is 9.80 Å². The van der Waals surface area contributed by atoms with Crippen molar-refractivity contribution in [3.05, 3.63) is 35.9 Å². The summed E-state index contributed by atoms with van der Waals surface area (Å²) < 4.78 is 0. The zero-order chi connectivity index (χ0) is 19.3. The van der Waals surface area contributed by atoms with Crippen LogP contribution in [0, 0.1) is 17.8 Å². The maximum Gasteiger partial charge on any atom is 0.226 e. The highest BCUT2D eigenvalue weighted by Crippen LogP contribution is 2.31. The Bertz CT molecular complexity index is 623. The Morgan fingerprint density at radius 1 is 0.964 bits per heavy atom. The Kier molecular flexibility index (Phi) is 6.72. The number of piperidine rings is 2. The van der Waals surface area contributed by atoms with Crippen LogP contribution in [-0.2, 0) is 11.2 Å².